The van der Waals surface area contributed by atoms with Crippen molar-refractivity contribution in [1.82, 2.24) is 14.5 Å². The first-order valence-electron chi connectivity index (χ1n) is 14.8. The first kappa shape index (κ1) is 23.1. The highest BCUT2D eigenvalue weighted by molar-refractivity contribution is 6.27. The molecule has 43 heavy (non-hydrogen) atoms. The van der Waals surface area contributed by atoms with E-state index in [0.717, 1.165) is 44.7 Å². The van der Waals surface area contributed by atoms with Crippen LogP contribution in [0.25, 0.3) is 71.8 Å². The van der Waals surface area contributed by atoms with Crippen LogP contribution in [0.15, 0.2) is 115 Å². The largest absolute Gasteiger partial charge is 0.456 e. The van der Waals surface area contributed by atoms with Crippen molar-refractivity contribution < 1.29 is 4.74 Å². The average molecular weight is 552 g/mol. The third kappa shape index (κ3) is 2.81. The van der Waals surface area contributed by atoms with Crippen molar-refractivity contribution in [3.63, 3.8) is 0 Å². The standard InChI is InChI=1S/C39H25N3O/c1-39(2)27-17-8-5-14-24(27)33-35(39)23-13-4-3-12-22(23)32-25-15-6-9-19-29(25)42(37(32)33)38-40-28-18-11-21-31-34(28)36(41-38)26-16-7-10-20-30(26)43-31/h3-21H,1-2H3. The molecule has 0 spiro atoms. The van der Waals surface area contributed by atoms with Crippen LogP contribution in [0.1, 0.15) is 25.0 Å². The average Bonchev–Trinajstić information content (AvgIpc) is 3.51. The Morgan fingerprint density at radius 3 is 2.19 bits per heavy atom. The first-order chi connectivity index (χ1) is 21.1. The minimum absolute atomic E-state index is 0.164. The van der Waals surface area contributed by atoms with Gasteiger partial charge in [0.1, 0.15) is 11.5 Å². The molecular weight excluding hydrogens is 526 g/mol. The van der Waals surface area contributed by atoms with E-state index in [-0.39, 0.29) is 5.41 Å². The summed E-state index contributed by atoms with van der Waals surface area (Å²) in [6.45, 7) is 4.72. The van der Waals surface area contributed by atoms with Crippen LogP contribution in [-0.2, 0) is 5.41 Å². The van der Waals surface area contributed by atoms with Crippen LogP contribution in [-0.4, -0.2) is 14.5 Å². The molecule has 3 heterocycles. The van der Waals surface area contributed by atoms with Crippen molar-refractivity contribution in [2.75, 3.05) is 0 Å². The summed E-state index contributed by atoms with van der Waals surface area (Å²) < 4.78 is 8.62. The number of hydrogen-bond acceptors (Lipinski definition) is 3. The number of fused-ring (bicyclic) bond motifs is 12. The number of para-hydroxylation sites is 2. The molecule has 2 aliphatic rings. The molecule has 6 aromatic carbocycles. The summed E-state index contributed by atoms with van der Waals surface area (Å²) in [6, 6.07) is 40.7. The molecule has 0 N–H and O–H groups in total. The topological polar surface area (TPSA) is 39.9 Å². The molecule has 4 nitrogen and oxygen atoms in total. The molecule has 0 unspecified atom stereocenters. The first-order valence-corrected chi connectivity index (χ1v) is 14.8. The van der Waals surface area contributed by atoms with Gasteiger partial charge in [-0.25, -0.2) is 9.97 Å². The normalized spacial score (nSPS) is 14.2. The molecule has 1 aliphatic heterocycles. The van der Waals surface area contributed by atoms with E-state index in [4.69, 9.17) is 14.7 Å². The van der Waals surface area contributed by atoms with Gasteiger partial charge < -0.3 is 4.74 Å². The van der Waals surface area contributed by atoms with Crippen LogP contribution < -0.4 is 4.74 Å². The van der Waals surface area contributed by atoms with Crippen LogP contribution in [0.2, 0.25) is 0 Å². The fourth-order valence-corrected chi connectivity index (χ4v) is 7.81. The van der Waals surface area contributed by atoms with E-state index in [1.165, 1.54) is 43.8 Å². The third-order valence-corrected chi connectivity index (χ3v) is 9.56. The molecule has 0 saturated carbocycles. The minimum atomic E-state index is -0.164. The molecule has 1 aliphatic carbocycles. The maximum Gasteiger partial charge on any atom is 0.235 e. The van der Waals surface area contributed by atoms with E-state index in [2.05, 4.69) is 103 Å². The van der Waals surface area contributed by atoms with Crippen molar-refractivity contribution in [1.29, 1.82) is 0 Å². The Hall–Kier alpha value is -5.48. The lowest BCUT2D eigenvalue weighted by atomic mass is 9.79. The lowest BCUT2D eigenvalue weighted by Crippen LogP contribution is -2.15. The second-order valence-corrected chi connectivity index (χ2v) is 12.2. The summed E-state index contributed by atoms with van der Waals surface area (Å²) in [5.74, 6) is 2.28. The molecule has 0 atom stereocenters. The van der Waals surface area contributed by atoms with Gasteiger partial charge in [0, 0.05) is 27.3 Å². The van der Waals surface area contributed by atoms with Gasteiger partial charge in [-0.2, -0.15) is 0 Å². The smallest absolute Gasteiger partial charge is 0.235 e. The summed E-state index contributed by atoms with van der Waals surface area (Å²) in [6.07, 6.45) is 0. The van der Waals surface area contributed by atoms with Crippen LogP contribution >= 0.6 is 0 Å². The third-order valence-electron chi connectivity index (χ3n) is 9.56. The van der Waals surface area contributed by atoms with E-state index in [1.807, 2.05) is 30.3 Å². The molecule has 0 amide bonds. The molecule has 0 radical (unpaired) electrons. The predicted molar refractivity (Wildman–Crippen MR) is 174 cm³/mol. The van der Waals surface area contributed by atoms with Crippen molar-refractivity contribution in [2.24, 2.45) is 0 Å². The molecule has 8 aromatic rings. The summed E-state index contributed by atoms with van der Waals surface area (Å²) in [5, 5.41) is 5.96. The molecule has 0 fully saturated rings. The molecule has 202 valence electrons. The Morgan fingerprint density at radius 1 is 0.605 bits per heavy atom. The van der Waals surface area contributed by atoms with Crippen molar-refractivity contribution >= 4 is 43.5 Å². The van der Waals surface area contributed by atoms with Crippen LogP contribution in [0.5, 0.6) is 11.5 Å². The number of aromatic nitrogens is 3. The van der Waals surface area contributed by atoms with E-state index >= 15 is 0 Å². The zero-order valence-electron chi connectivity index (χ0n) is 23.7. The second kappa shape index (κ2) is 7.87. The highest BCUT2D eigenvalue weighted by Crippen LogP contribution is 2.56. The number of hydrogen-bond donors (Lipinski definition) is 0. The predicted octanol–water partition coefficient (Wildman–Crippen LogP) is 9.96. The minimum Gasteiger partial charge on any atom is -0.456 e. The van der Waals surface area contributed by atoms with Gasteiger partial charge in [-0.15, -0.1) is 0 Å². The Balaban J connectivity index is 1.45. The maximum atomic E-state index is 6.30. The van der Waals surface area contributed by atoms with Crippen molar-refractivity contribution in [2.45, 2.75) is 19.3 Å². The van der Waals surface area contributed by atoms with E-state index in [0.29, 0.717) is 5.95 Å². The number of ether oxygens (including phenoxy) is 1. The van der Waals surface area contributed by atoms with Gasteiger partial charge in [-0.1, -0.05) is 98.8 Å². The Kier molecular flexibility index (Phi) is 4.23. The van der Waals surface area contributed by atoms with Crippen LogP contribution in [0.3, 0.4) is 0 Å². The molecule has 4 heteroatoms. The lowest BCUT2D eigenvalue weighted by Gasteiger charge is -2.24. The Morgan fingerprint density at radius 2 is 1.30 bits per heavy atom. The highest BCUT2D eigenvalue weighted by Gasteiger charge is 2.40. The summed E-state index contributed by atoms with van der Waals surface area (Å²) in [5.41, 5.74) is 10.1. The number of benzene rings is 6. The highest BCUT2D eigenvalue weighted by atomic mass is 16.5. The van der Waals surface area contributed by atoms with E-state index in [9.17, 15) is 0 Å². The van der Waals surface area contributed by atoms with Crippen LogP contribution in [0, 0.1) is 0 Å². The van der Waals surface area contributed by atoms with E-state index in [1.54, 1.807) is 0 Å². The maximum absolute atomic E-state index is 6.30. The monoisotopic (exact) mass is 551 g/mol. The fourth-order valence-electron chi connectivity index (χ4n) is 7.81. The van der Waals surface area contributed by atoms with Gasteiger partial charge in [0.2, 0.25) is 5.95 Å². The summed E-state index contributed by atoms with van der Waals surface area (Å²) in [4.78, 5) is 10.6. The van der Waals surface area contributed by atoms with Gasteiger partial charge in [0.25, 0.3) is 0 Å². The number of nitrogens with zero attached hydrogens (tertiary/aromatic N) is 3. The zero-order valence-corrected chi connectivity index (χ0v) is 23.7. The van der Waals surface area contributed by atoms with Gasteiger partial charge in [0.15, 0.2) is 0 Å². The molecule has 0 saturated heterocycles. The number of rotatable bonds is 1. The molecular formula is C39H25N3O. The van der Waals surface area contributed by atoms with Gasteiger partial charge >= 0.3 is 0 Å². The quantitative estimate of drug-likeness (QED) is 0.204. The van der Waals surface area contributed by atoms with Gasteiger partial charge in [0.05, 0.1) is 27.6 Å². The molecule has 10 rings (SSSR count). The van der Waals surface area contributed by atoms with Gasteiger partial charge in [-0.05, 0) is 57.8 Å². The van der Waals surface area contributed by atoms with Crippen molar-refractivity contribution in [3.05, 3.63) is 126 Å². The molecule has 0 bridgehead atoms. The second-order valence-electron chi connectivity index (χ2n) is 12.2. The van der Waals surface area contributed by atoms with Crippen LogP contribution in [0.4, 0.5) is 0 Å². The lowest BCUT2D eigenvalue weighted by molar-refractivity contribution is 0.486. The Bertz CT molecular complexity index is 2520. The van der Waals surface area contributed by atoms with Crippen molar-refractivity contribution in [3.8, 4) is 39.8 Å². The summed E-state index contributed by atoms with van der Waals surface area (Å²) >= 11 is 0. The molecule has 2 aromatic heterocycles. The zero-order chi connectivity index (χ0) is 28.4. The SMILES string of the molecule is CC1(C)c2ccccc2-c2c1c1ccccc1c1c3ccccc3n(-c3nc4c5c(cccc5n3)Oc3ccccc3-4)c21. The van der Waals surface area contributed by atoms with Gasteiger partial charge in [-0.3, -0.25) is 4.57 Å². The fraction of sp³-hybridized carbons (Fsp3) is 0.0769. The van der Waals surface area contributed by atoms with E-state index < -0.39 is 0 Å². The Labute approximate surface area is 247 Å². The summed E-state index contributed by atoms with van der Waals surface area (Å²) in [7, 11) is 0.